The van der Waals surface area contributed by atoms with Crippen LogP contribution >= 0.6 is 12.4 Å². The van der Waals surface area contributed by atoms with Crippen LogP contribution in [0.25, 0.3) is 0 Å². The van der Waals surface area contributed by atoms with Crippen molar-refractivity contribution in [1.82, 2.24) is 10.2 Å². The Morgan fingerprint density at radius 2 is 2.30 bits per heavy atom. The van der Waals surface area contributed by atoms with Crippen molar-refractivity contribution >= 4 is 24.0 Å². The number of halogens is 1. The summed E-state index contributed by atoms with van der Waals surface area (Å²) < 4.78 is 5.17. The first-order chi connectivity index (χ1) is 10.7. The minimum absolute atomic E-state index is 0. The number of carbonyl (C=O) groups excluding carboxylic acids is 1. The van der Waals surface area contributed by atoms with E-state index < -0.39 is 0 Å². The van der Waals surface area contributed by atoms with Crippen LogP contribution in [0.15, 0.2) is 24.3 Å². The predicted molar refractivity (Wildman–Crippen MR) is 96.6 cm³/mol. The molecule has 0 radical (unpaired) electrons. The summed E-state index contributed by atoms with van der Waals surface area (Å²) in [6.07, 6.45) is 2.49. The molecule has 5 nitrogen and oxygen atoms in total. The van der Waals surface area contributed by atoms with Crippen LogP contribution in [-0.2, 0) is 4.79 Å². The van der Waals surface area contributed by atoms with E-state index in [0.29, 0.717) is 12.5 Å². The van der Waals surface area contributed by atoms with E-state index in [1.807, 2.05) is 24.3 Å². The number of anilines is 1. The molecule has 1 heterocycles. The first-order valence-corrected chi connectivity index (χ1v) is 8.08. The molecule has 1 saturated heterocycles. The van der Waals surface area contributed by atoms with Crippen molar-refractivity contribution in [3.05, 3.63) is 24.3 Å². The number of amides is 1. The summed E-state index contributed by atoms with van der Waals surface area (Å²) in [5.41, 5.74) is 0.778. The fourth-order valence-corrected chi connectivity index (χ4v) is 2.85. The lowest BCUT2D eigenvalue weighted by Gasteiger charge is -2.29. The van der Waals surface area contributed by atoms with Gasteiger partial charge in [-0.1, -0.05) is 13.0 Å². The summed E-state index contributed by atoms with van der Waals surface area (Å²) in [5.74, 6) is 1.43. The molecular weight excluding hydrogens is 314 g/mol. The van der Waals surface area contributed by atoms with E-state index >= 15 is 0 Å². The zero-order valence-corrected chi connectivity index (χ0v) is 14.8. The lowest BCUT2D eigenvalue weighted by Crippen LogP contribution is -2.41. The van der Waals surface area contributed by atoms with E-state index in [1.54, 1.807) is 7.11 Å². The molecule has 23 heavy (non-hydrogen) atoms. The van der Waals surface area contributed by atoms with Crippen LogP contribution in [0.5, 0.6) is 5.75 Å². The highest BCUT2D eigenvalue weighted by atomic mass is 35.5. The third-order valence-corrected chi connectivity index (χ3v) is 4.08. The van der Waals surface area contributed by atoms with Crippen molar-refractivity contribution in [2.24, 2.45) is 5.92 Å². The molecule has 2 N–H and O–H groups in total. The summed E-state index contributed by atoms with van der Waals surface area (Å²) in [6, 6.07) is 7.45. The highest BCUT2D eigenvalue weighted by Gasteiger charge is 2.18. The molecule has 1 amide bonds. The molecule has 130 valence electrons. The highest BCUT2D eigenvalue weighted by Crippen LogP contribution is 2.17. The van der Waals surface area contributed by atoms with Gasteiger partial charge in [-0.25, -0.2) is 0 Å². The number of piperidine rings is 1. The number of rotatable bonds is 7. The number of nitrogens with one attached hydrogen (secondary N) is 2. The minimum atomic E-state index is 0. The number of benzene rings is 1. The van der Waals surface area contributed by atoms with Crippen LogP contribution in [0.2, 0.25) is 0 Å². The molecule has 2 rings (SSSR count). The topological polar surface area (TPSA) is 53.6 Å². The second-order valence-corrected chi connectivity index (χ2v) is 5.82. The first-order valence-electron chi connectivity index (χ1n) is 8.08. The third kappa shape index (κ3) is 6.77. The van der Waals surface area contributed by atoms with Gasteiger partial charge in [-0.3, -0.25) is 9.69 Å². The molecule has 0 spiro atoms. The maximum Gasteiger partial charge on any atom is 0.238 e. The van der Waals surface area contributed by atoms with Crippen LogP contribution in [-0.4, -0.2) is 50.6 Å². The zero-order valence-electron chi connectivity index (χ0n) is 14.0. The van der Waals surface area contributed by atoms with Crippen molar-refractivity contribution in [3.8, 4) is 5.75 Å². The van der Waals surface area contributed by atoms with Crippen LogP contribution in [0.1, 0.15) is 19.8 Å². The second-order valence-electron chi connectivity index (χ2n) is 5.82. The molecular formula is C17H28ClN3O2. The Bertz CT molecular complexity index is 479. The van der Waals surface area contributed by atoms with Gasteiger partial charge in [-0.05, 0) is 50.5 Å². The van der Waals surface area contributed by atoms with Gasteiger partial charge in [-0.2, -0.15) is 0 Å². The van der Waals surface area contributed by atoms with Gasteiger partial charge in [0.1, 0.15) is 5.75 Å². The Morgan fingerprint density at radius 3 is 2.96 bits per heavy atom. The maximum absolute atomic E-state index is 12.2. The molecule has 0 aromatic heterocycles. The molecule has 1 aromatic rings. The molecule has 1 aliphatic heterocycles. The molecule has 1 fully saturated rings. The number of likely N-dealkylation sites (N-methyl/N-ethyl adjacent to an activating group) is 1. The fourth-order valence-electron chi connectivity index (χ4n) is 2.85. The van der Waals surface area contributed by atoms with Gasteiger partial charge in [0.25, 0.3) is 0 Å². The van der Waals surface area contributed by atoms with Crippen LogP contribution in [0, 0.1) is 5.92 Å². The molecule has 1 unspecified atom stereocenters. The standard InChI is InChI=1S/C17H27N3O2.ClH/c1-3-20(12-14-6-5-9-18-11-14)13-17(21)19-15-7-4-8-16(10-15)22-2;/h4,7-8,10,14,18H,3,5-6,9,11-13H2,1-2H3,(H,19,21);1H. The predicted octanol–water partition coefficient (Wildman–Crippen LogP) is 2.38. The summed E-state index contributed by atoms with van der Waals surface area (Å²) in [4.78, 5) is 14.4. The van der Waals surface area contributed by atoms with Crippen LogP contribution in [0.3, 0.4) is 0 Å². The minimum Gasteiger partial charge on any atom is -0.497 e. The summed E-state index contributed by atoms with van der Waals surface area (Å²) in [7, 11) is 1.62. The highest BCUT2D eigenvalue weighted by molar-refractivity contribution is 5.92. The Kier molecular flexibility index (Phi) is 8.99. The van der Waals surface area contributed by atoms with Crippen molar-refractivity contribution < 1.29 is 9.53 Å². The maximum atomic E-state index is 12.2. The van der Waals surface area contributed by atoms with Gasteiger partial charge in [0, 0.05) is 18.3 Å². The third-order valence-electron chi connectivity index (χ3n) is 4.08. The smallest absolute Gasteiger partial charge is 0.238 e. The zero-order chi connectivity index (χ0) is 15.8. The van der Waals surface area contributed by atoms with E-state index in [1.165, 1.54) is 12.8 Å². The van der Waals surface area contributed by atoms with Crippen LogP contribution < -0.4 is 15.4 Å². The van der Waals surface area contributed by atoms with E-state index in [2.05, 4.69) is 22.5 Å². The van der Waals surface area contributed by atoms with Gasteiger partial charge in [0.2, 0.25) is 5.91 Å². The van der Waals surface area contributed by atoms with Gasteiger partial charge < -0.3 is 15.4 Å². The lowest BCUT2D eigenvalue weighted by molar-refractivity contribution is -0.117. The lowest BCUT2D eigenvalue weighted by atomic mass is 9.99. The van der Waals surface area contributed by atoms with Gasteiger partial charge in [-0.15, -0.1) is 12.4 Å². The number of hydrogen-bond donors (Lipinski definition) is 2. The second kappa shape index (κ2) is 10.5. The number of methoxy groups -OCH3 is 1. The monoisotopic (exact) mass is 341 g/mol. The molecule has 0 bridgehead atoms. The normalized spacial score (nSPS) is 17.4. The molecule has 1 atom stereocenters. The Labute approximate surface area is 145 Å². The summed E-state index contributed by atoms with van der Waals surface area (Å²) in [5, 5.41) is 6.37. The van der Waals surface area contributed by atoms with Crippen molar-refractivity contribution in [2.45, 2.75) is 19.8 Å². The van der Waals surface area contributed by atoms with E-state index in [-0.39, 0.29) is 18.3 Å². The Morgan fingerprint density at radius 1 is 1.48 bits per heavy atom. The van der Waals surface area contributed by atoms with E-state index in [9.17, 15) is 4.79 Å². The number of hydrogen-bond acceptors (Lipinski definition) is 4. The van der Waals surface area contributed by atoms with Gasteiger partial charge >= 0.3 is 0 Å². The van der Waals surface area contributed by atoms with Crippen molar-refractivity contribution in [2.75, 3.05) is 45.2 Å². The summed E-state index contributed by atoms with van der Waals surface area (Å²) in [6.45, 7) is 6.60. The molecule has 0 saturated carbocycles. The molecule has 6 heteroatoms. The number of nitrogens with zero attached hydrogens (tertiary/aromatic N) is 1. The average molecular weight is 342 g/mol. The average Bonchev–Trinajstić information content (AvgIpc) is 2.55. The van der Waals surface area contributed by atoms with Crippen molar-refractivity contribution in [3.63, 3.8) is 0 Å². The quantitative estimate of drug-likeness (QED) is 0.799. The number of ether oxygens (including phenoxy) is 1. The van der Waals surface area contributed by atoms with E-state index in [4.69, 9.17) is 4.74 Å². The first kappa shape index (κ1) is 19.7. The van der Waals surface area contributed by atoms with E-state index in [0.717, 1.165) is 37.6 Å². The SMILES string of the molecule is CCN(CC(=O)Nc1cccc(OC)c1)CC1CCCNC1.Cl. The van der Waals surface area contributed by atoms with Crippen LogP contribution in [0.4, 0.5) is 5.69 Å². The largest absolute Gasteiger partial charge is 0.497 e. The van der Waals surface area contributed by atoms with Gasteiger partial charge in [0.15, 0.2) is 0 Å². The molecule has 1 aromatic carbocycles. The Balaban J connectivity index is 0.00000264. The molecule has 0 aliphatic carbocycles. The number of carbonyl (C=O) groups is 1. The van der Waals surface area contributed by atoms with Gasteiger partial charge in [0.05, 0.1) is 13.7 Å². The Hall–Kier alpha value is -1.30. The molecule has 1 aliphatic rings. The summed E-state index contributed by atoms with van der Waals surface area (Å²) >= 11 is 0. The van der Waals surface area contributed by atoms with Crippen molar-refractivity contribution in [1.29, 1.82) is 0 Å². The fraction of sp³-hybridized carbons (Fsp3) is 0.588.